The molecule has 4 nitrogen and oxygen atoms in total. The van der Waals surface area contributed by atoms with Crippen molar-refractivity contribution in [2.24, 2.45) is 11.8 Å². The lowest BCUT2D eigenvalue weighted by Gasteiger charge is -2.38. The number of likely N-dealkylation sites (tertiary alicyclic amines) is 1. The smallest absolute Gasteiger partial charge is 0.326 e. The molecule has 1 fully saturated rings. The van der Waals surface area contributed by atoms with Gasteiger partial charge in [-0.2, -0.15) is 0 Å². The number of carboxylic acids is 1. The summed E-state index contributed by atoms with van der Waals surface area (Å²) >= 11 is 0. The Morgan fingerprint density at radius 3 is 2.53 bits per heavy atom. The summed E-state index contributed by atoms with van der Waals surface area (Å²) in [6.07, 6.45) is 3.30. The van der Waals surface area contributed by atoms with Crippen molar-refractivity contribution in [1.82, 2.24) is 4.90 Å². The number of amides is 1. The highest BCUT2D eigenvalue weighted by molar-refractivity contribution is 5.85. The fraction of sp³-hybridized carbons (Fsp3) is 0.846. The maximum atomic E-state index is 12.1. The molecule has 1 amide bonds. The van der Waals surface area contributed by atoms with Crippen LogP contribution in [0.2, 0.25) is 0 Å². The highest BCUT2D eigenvalue weighted by atomic mass is 16.4. The molecule has 0 bridgehead atoms. The van der Waals surface area contributed by atoms with Crippen LogP contribution in [0.15, 0.2) is 0 Å². The number of carbonyl (C=O) groups excluding carboxylic acids is 1. The van der Waals surface area contributed by atoms with Gasteiger partial charge in [-0.1, -0.05) is 27.2 Å². The van der Waals surface area contributed by atoms with Crippen LogP contribution in [0.5, 0.6) is 0 Å². The third-order valence-electron chi connectivity index (χ3n) is 3.89. The number of hydrogen-bond donors (Lipinski definition) is 1. The van der Waals surface area contributed by atoms with E-state index in [0.29, 0.717) is 18.9 Å². The molecule has 1 saturated heterocycles. The molecular formula is C13H23NO3. The van der Waals surface area contributed by atoms with Gasteiger partial charge in [0.05, 0.1) is 0 Å². The molecule has 3 atom stereocenters. The number of hydrogen-bond acceptors (Lipinski definition) is 2. The zero-order chi connectivity index (χ0) is 13.0. The Hall–Kier alpha value is -1.06. The van der Waals surface area contributed by atoms with Crippen molar-refractivity contribution in [3.63, 3.8) is 0 Å². The van der Waals surface area contributed by atoms with E-state index < -0.39 is 12.0 Å². The summed E-state index contributed by atoms with van der Waals surface area (Å²) in [5.74, 6) is -0.499. The van der Waals surface area contributed by atoms with Crippen molar-refractivity contribution >= 4 is 11.9 Å². The normalized spacial score (nSPS) is 26.6. The fourth-order valence-corrected chi connectivity index (χ4v) is 2.36. The average molecular weight is 241 g/mol. The zero-order valence-corrected chi connectivity index (χ0v) is 11.0. The highest BCUT2D eigenvalue weighted by Crippen LogP contribution is 2.27. The predicted octanol–water partition coefficient (Wildman–Crippen LogP) is 2.13. The topological polar surface area (TPSA) is 57.6 Å². The van der Waals surface area contributed by atoms with E-state index >= 15 is 0 Å². The molecule has 3 unspecified atom stereocenters. The van der Waals surface area contributed by atoms with Crippen LogP contribution >= 0.6 is 0 Å². The molecule has 0 radical (unpaired) electrons. The summed E-state index contributed by atoms with van der Waals surface area (Å²) in [4.78, 5) is 24.9. The molecule has 1 N–H and O–H groups in total. The molecule has 0 spiro atoms. The van der Waals surface area contributed by atoms with Crippen LogP contribution in [0.3, 0.4) is 0 Å². The molecule has 0 saturated carbocycles. The van der Waals surface area contributed by atoms with Crippen molar-refractivity contribution in [1.29, 1.82) is 0 Å². The van der Waals surface area contributed by atoms with Gasteiger partial charge in [-0.3, -0.25) is 4.79 Å². The van der Waals surface area contributed by atoms with Crippen molar-refractivity contribution in [3.8, 4) is 0 Å². The van der Waals surface area contributed by atoms with Gasteiger partial charge in [-0.15, -0.1) is 0 Å². The maximum absolute atomic E-state index is 12.1. The van der Waals surface area contributed by atoms with Gasteiger partial charge in [0.15, 0.2) is 0 Å². The van der Waals surface area contributed by atoms with E-state index in [9.17, 15) is 14.7 Å². The molecule has 98 valence electrons. The molecule has 1 aliphatic heterocycles. The largest absolute Gasteiger partial charge is 0.480 e. The third-order valence-corrected chi connectivity index (χ3v) is 3.89. The minimum Gasteiger partial charge on any atom is -0.480 e. The summed E-state index contributed by atoms with van der Waals surface area (Å²) in [5, 5.41) is 9.23. The van der Waals surface area contributed by atoms with Gasteiger partial charge in [-0.05, 0) is 25.2 Å². The van der Waals surface area contributed by atoms with Crippen LogP contribution in [0.1, 0.15) is 46.5 Å². The number of aliphatic carboxylic acids is 1. The fourth-order valence-electron chi connectivity index (χ4n) is 2.36. The first-order valence-electron chi connectivity index (χ1n) is 6.54. The molecule has 4 heteroatoms. The monoisotopic (exact) mass is 241 g/mol. The summed E-state index contributed by atoms with van der Waals surface area (Å²) in [6.45, 7) is 6.50. The van der Waals surface area contributed by atoms with E-state index in [1.807, 2.05) is 13.8 Å². The molecular weight excluding hydrogens is 218 g/mol. The maximum Gasteiger partial charge on any atom is 0.326 e. The van der Waals surface area contributed by atoms with Crippen LogP contribution in [0, 0.1) is 11.8 Å². The van der Waals surface area contributed by atoms with Crippen molar-refractivity contribution in [2.45, 2.75) is 52.5 Å². The first kappa shape index (κ1) is 14.0. The second kappa shape index (κ2) is 6.03. The van der Waals surface area contributed by atoms with Gasteiger partial charge >= 0.3 is 5.97 Å². The van der Waals surface area contributed by atoms with Gasteiger partial charge in [0.2, 0.25) is 5.91 Å². The second-order valence-electron chi connectivity index (χ2n) is 4.99. The number of nitrogens with zero attached hydrogens (tertiary/aromatic N) is 1. The quantitative estimate of drug-likeness (QED) is 0.820. The molecule has 0 aromatic heterocycles. The Balaban J connectivity index is 2.76. The van der Waals surface area contributed by atoms with Crippen molar-refractivity contribution in [2.75, 3.05) is 6.54 Å². The van der Waals surface area contributed by atoms with E-state index in [0.717, 1.165) is 19.3 Å². The van der Waals surface area contributed by atoms with E-state index in [1.165, 1.54) is 0 Å². The lowest BCUT2D eigenvalue weighted by molar-refractivity contribution is -0.154. The molecule has 1 aliphatic rings. The molecule has 1 heterocycles. The van der Waals surface area contributed by atoms with E-state index in [1.54, 1.807) is 4.90 Å². The van der Waals surface area contributed by atoms with E-state index in [-0.39, 0.29) is 11.8 Å². The van der Waals surface area contributed by atoms with Crippen LogP contribution in [-0.4, -0.2) is 34.5 Å². The summed E-state index contributed by atoms with van der Waals surface area (Å²) in [5.41, 5.74) is 0. The molecule has 1 rings (SSSR count). The minimum absolute atomic E-state index is 0.00514. The van der Waals surface area contributed by atoms with E-state index in [4.69, 9.17) is 0 Å². The summed E-state index contributed by atoms with van der Waals surface area (Å²) in [6, 6.07) is -0.616. The minimum atomic E-state index is -0.861. The lowest BCUT2D eigenvalue weighted by atomic mass is 9.88. The molecule has 0 aromatic rings. The van der Waals surface area contributed by atoms with Gasteiger partial charge in [0, 0.05) is 12.5 Å². The predicted molar refractivity (Wildman–Crippen MR) is 65.6 cm³/mol. The Kier molecular flexibility index (Phi) is 4.97. The number of piperidine rings is 1. The van der Waals surface area contributed by atoms with Gasteiger partial charge in [0.25, 0.3) is 0 Å². The number of carbonyl (C=O) groups is 2. The molecule has 0 aromatic carbocycles. The van der Waals surface area contributed by atoms with E-state index in [2.05, 4.69) is 6.92 Å². The van der Waals surface area contributed by atoms with Crippen molar-refractivity contribution < 1.29 is 14.7 Å². The zero-order valence-electron chi connectivity index (χ0n) is 11.0. The Morgan fingerprint density at radius 2 is 2.06 bits per heavy atom. The summed E-state index contributed by atoms with van der Waals surface area (Å²) < 4.78 is 0. The SMILES string of the molecule is CCC1CCN(C(=O)C(C)CC)C(C(=O)O)C1. The summed E-state index contributed by atoms with van der Waals surface area (Å²) in [7, 11) is 0. The first-order chi connectivity index (χ1) is 8.01. The second-order valence-corrected chi connectivity index (χ2v) is 4.99. The van der Waals surface area contributed by atoms with Gasteiger partial charge < -0.3 is 10.0 Å². The van der Waals surface area contributed by atoms with Gasteiger partial charge in [0.1, 0.15) is 6.04 Å². The van der Waals surface area contributed by atoms with Crippen LogP contribution < -0.4 is 0 Å². The lowest BCUT2D eigenvalue weighted by Crippen LogP contribution is -2.51. The molecule has 0 aliphatic carbocycles. The van der Waals surface area contributed by atoms with Crippen LogP contribution in [-0.2, 0) is 9.59 Å². The van der Waals surface area contributed by atoms with Crippen LogP contribution in [0.25, 0.3) is 0 Å². The van der Waals surface area contributed by atoms with Crippen molar-refractivity contribution in [3.05, 3.63) is 0 Å². The number of rotatable bonds is 4. The Labute approximate surface area is 103 Å². The van der Waals surface area contributed by atoms with Crippen LogP contribution in [0.4, 0.5) is 0 Å². The Morgan fingerprint density at radius 1 is 1.41 bits per heavy atom. The number of carboxylic acid groups (broad SMARTS) is 1. The van der Waals surface area contributed by atoms with Gasteiger partial charge in [-0.25, -0.2) is 4.79 Å². The standard InChI is InChI=1S/C13H23NO3/c1-4-9(3)12(15)14-7-6-10(5-2)8-11(14)13(16)17/h9-11H,4-8H2,1-3H3,(H,16,17). The highest BCUT2D eigenvalue weighted by Gasteiger charge is 2.36. The third kappa shape index (κ3) is 3.20. The first-order valence-corrected chi connectivity index (χ1v) is 6.54. The Bertz CT molecular complexity index is 290. The average Bonchev–Trinajstić information content (AvgIpc) is 2.35. The molecule has 17 heavy (non-hydrogen) atoms.